The standard InChI is InChI=1S/C16H26N2O2.ClH/c1-5-12(4)15(17)16(19)18-14-8-6-13(7-9-14)10-20-11(2)3;/h6-9,11-12,15H,5,10,17H2,1-4H3,(H,18,19);1H. The molecule has 0 bridgehead atoms. The first-order chi connectivity index (χ1) is 9.43. The van der Waals surface area contributed by atoms with E-state index in [-0.39, 0.29) is 30.3 Å². The fourth-order valence-corrected chi connectivity index (χ4v) is 1.69. The lowest BCUT2D eigenvalue weighted by Gasteiger charge is -2.17. The molecule has 2 unspecified atom stereocenters. The molecule has 3 N–H and O–H groups in total. The highest BCUT2D eigenvalue weighted by atomic mass is 35.5. The monoisotopic (exact) mass is 314 g/mol. The maximum absolute atomic E-state index is 12.0. The molecule has 1 aromatic rings. The second-order valence-electron chi connectivity index (χ2n) is 5.46. The van der Waals surface area contributed by atoms with Gasteiger partial charge in [-0.05, 0) is 37.5 Å². The molecule has 1 aromatic carbocycles. The summed E-state index contributed by atoms with van der Waals surface area (Å²) in [6, 6.07) is 7.18. The first kappa shape index (κ1) is 19.9. The number of rotatable bonds is 7. The predicted molar refractivity (Wildman–Crippen MR) is 89.7 cm³/mol. The van der Waals surface area contributed by atoms with Crippen LogP contribution in [-0.4, -0.2) is 18.1 Å². The van der Waals surface area contributed by atoms with Gasteiger partial charge in [-0.3, -0.25) is 4.79 Å². The van der Waals surface area contributed by atoms with E-state index in [4.69, 9.17) is 10.5 Å². The van der Waals surface area contributed by atoms with Gasteiger partial charge >= 0.3 is 0 Å². The van der Waals surface area contributed by atoms with E-state index in [2.05, 4.69) is 5.32 Å². The van der Waals surface area contributed by atoms with Crippen molar-refractivity contribution >= 4 is 24.0 Å². The molecule has 0 radical (unpaired) electrons. The van der Waals surface area contributed by atoms with E-state index in [0.717, 1.165) is 17.7 Å². The maximum Gasteiger partial charge on any atom is 0.241 e. The third kappa shape index (κ3) is 6.93. The SMILES string of the molecule is CCC(C)C(N)C(=O)Nc1ccc(COC(C)C)cc1.Cl. The third-order valence-corrected chi connectivity index (χ3v) is 3.36. The van der Waals surface area contributed by atoms with Crippen LogP contribution in [-0.2, 0) is 16.1 Å². The molecule has 1 rings (SSSR count). The molecule has 0 aromatic heterocycles. The molecule has 120 valence electrons. The van der Waals surface area contributed by atoms with Gasteiger partial charge in [-0.25, -0.2) is 0 Å². The normalized spacial score (nSPS) is 13.4. The summed E-state index contributed by atoms with van der Waals surface area (Å²) in [6.45, 7) is 8.60. The van der Waals surface area contributed by atoms with Crippen LogP contribution in [0.3, 0.4) is 0 Å². The van der Waals surface area contributed by atoms with E-state index < -0.39 is 6.04 Å². The number of ether oxygens (including phenoxy) is 1. The average Bonchev–Trinajstić information content (AvgIpc) is 2.44. The second kappa shape index (κ2) is 9.77. The van der Waals surface area contributed by atoms with Crippen molar-refractivity contribution in [3.63, 3.8) is 0 Å². The molecule has 0 saturated heterocycles. The van der Waals surface area contributed by atoms with Crippen LogP contribution in [0.2, 0.25) is 0 Å². The van der Waals surface area contributed by atoms with Crippen molar-refractivity contribution in [3.05, 3.63) is 29.8 Å². The van der Waals surface area contributed by atoms with Crippen LogP contribution in [0.5, 0.6) is 0 Å². The van der Waals surface area contributed by atoms with E-state index in [1.807, 2.05) is 52.0 Å². The Morgan fingerprint density at radius 1 is 1.24 bits per heavy atom. The van der Waals surface area contributed by atoms with Gasteiger partial charge in [0.05, 0.1) is 18.8 Å². The zero-order valence-electron chi connectivity index (χ0n) is 13.3. The topological polar surface area (TPSA) is 64.4 Å². The number of halogens is 1. The summed E-state index contributed by atoms with van der Waals surface area (Å²) in [5, 5.41) is 2.84. The van der Waals surface area contributed by atoms with Gasteiger partial charge in [-0.15, -0.1) is 12.4 Å². The zero-order valence-corrected chi connectivity index (χ0v) is 14.1. The summed E-state index contributed by atoms with van der Waals surface area (Å²) in [6.07, 6.45) is 1.10. The van der Waals surface area contributed by atoms with Gasteiger partial charge in [-0.2, -0.15) is 0 Å². The Balaban J connectivity index is 0.00000400. The summed E-state index contributed by atoms with van der Waals surface area (Å²) in [4.78, 5) is 12.0. The van der Waals surface area contributed by atoms with Crippen molar-refractivity contribution in [2.45, 2.75) is 52.9 Å². The van der Waals surface area contributed by atoms with Crippen molar-refractivity contribution < 1.29 is 9.53 Å². The molecule has 0 saturated carbocycles. The molecule has 0 aliphatic heterocycles. The van der Waals surface area contributed by atoms with Gasteiger partial charge in [0.2, 0.25) is 5.91 Å². The first-order valence-corrected chi connectivity index (χ1v) is 7.21. The predicted octanol–water partition coefficient (Wildman–Crippen LogP) is 3.35. The Morgan fingerprint density at radius 3 is 2.29 bits per heavy atom. The van der Waals surface area contributed by atoms with Crippen LogP contribution in [0, 0.1) is 5.92 Å². The summed E-state index contributed by atoms with van der Waals surface area (Å²) < 4.78 is 5.53. The lowest BCUT2D eigenvalue weighted by Crippen LogP contribution is -2.40. The number of nitrogens with two attached hydrogens (primary N) is 1. The van der Waals surface area contributed by atoms with Crippen LogP contribution >= 0.6 is 12.4 Å². The number of carbonyl (C=O) groups is 1. The molecule has 21 heavy (non-hydrogen) atoms. The van der Waals surface area contributed by atoms with Gasteiger partial charge in [0.25, 0.3) is 0 Å². The minimum Gasteiger partial charge on any atom is -0.374 e. The van der Waals surface area contributed by atoms with Gasteiger partial charge in [-0.1, -0.05) is 32.4 Å². The van der Waals surface area contributed by atoms with Crippen LogP contribution in [0.1, 0.15) is 39.7 Å². The number of nitrogens with one attached hydrogen (secondary N) is 1. The highest BCUT2D eigenvalue weighted by molar-refractivity contribution is 5.94. The smallest absolute Gasteiger partial charge is 0.241 e. The molecule has 0 aliphatic rings. The lowest BCUT2D eigenvalue weighted by atomic mass is 9.99. The van der Waals surface area contributed by atoms with Crippen LogP contribution in [0.25, 0.3) is 0 Å². The summed E-state index contributed by atoms with van der Waals surface area (Å²) in [5.41, 5.74) is 7.75. The highest BCUT2D eigenvalue weighted by Crippen LogP contribution is 2.13. The number of anilines is 1. The quantitative estimate of drug-likeness (QED) is 0.811. The van der Waals surface area contributed by atoms with Gasteiger partial charge < -0.3 is 15.8 Å². The van der Waals surface area contributed by atoms with Crippen LogP contribution in [0.15, 0.2) is 24.3 Å². The van der Waals surface area contributed by atoms with Crippen LogP contribution in [0.4, 0.5) is 5.69 Å². The molecule has 1 amide bonds. The number of benzene rings is 1. The highest BCUT2D eigenvalue weighted by Gasteiger charge is 2.19. The van der Waals surface area contributed by atoms with Crippen molar-refractivity contribution in [1.29, 1.82) is 0 Å². The van der Waals surface area contributed by atoms with Crippen molar-refractivity contribution in [2.75, 3.05) is 5.32 Å². The minimum atomic E-state index is -0.469. The second-order valence-corrected chi connectivity index (χ2v) is 5.46. The first-order valence-electron chi connectivity index (χ1n) is 7.21. The maximum atomic E-state index is 12.0. The number of amides is 1. The zero-order chi connectivity index (χ0) is 15.1. The van der Waals surface area contributed by atoms with Gasteiger partial charge in [0, 0.05) is 5.69 Å². The van der Waals surface area contributed by atoms with Gasteiger partial charge in [0.15, 0.2) is 0 Å². The largest absolute Gasteiger partial charge is 0.374 e. The molecular weight excluding hydrogens is 288 g/mol. The molecule has 0 aliphatic carbocycles. The summed E-state index contributed by atoms with van der Waals surface area (Å²) in [7, 11) is 0. The minimum absolute atomic E-state index is 0. The average molecular weight is 315 g/mol. The molecule has 0 spiro atoms. The van der Waals surface area contributed by atoms with E-state index >= 15 is 0 Å². The Hall–Kier alpha value is -1.10. The number of carbonyl (C=O) groups excluding carboxylic acids is 1. The van der Waals surface area contributed by atoms with E-state index in [9.17, 15) is 4.79 Å². The Bertz CT molecular complexity index is 421. The van der Waals surface area contributed by atoms with E-state index in [0.29, 0.717) is 6.61 Å². The molecule has 2 atom stereocenters. The van der Waals surface area contributed by atoms with Crippen molar-refractivity contribution in [3.8, 4) is 0 Å². The van der Waals surface area contributed by atoms with Gasteiger partial charge in [0.1, 0.15) is 0 Å². The van der Waals surface area contributed by atoms with Crippen molar-refractivity contribution in [1.82, 2.24) is 0 Å². The molecule has 5 heteroatoms. The number of hydrogen-bond donors (Lipinski definition) is 2. The van der Waals surface area contributed by atoms with E-state index in [1.54, 1.807) is 0 Å². The Kier molecular flexibility index (Phi) is 9.26. The Morgan fingerprint density at radius 2 is 1.81 bits per heavy atom. The summed E-state index contributed by atoms with van der Waals surface area (Å²) in [5.74, 6) is 0.0410. The third-order valence-electron chi connectivity index (χ3n) is 3.36. The Labute approximate surface area is 133 Å². The van der Waals surface area contributed by atoms with E-state index in [1.165, 1.54) is 0 Å². The fraction of sp³-hybridized carbons (Fsp3) is 0.562. The molecule has 0 fully saturated rings. The lowest BCUT2D eigenvalue weighted by molar-refractivity contribution is -0.118. The van der Waals surface area contributed by atoms with Crippen LogP contribution < -0.4 is 11.1 Å². The molecular formula is C16H27ClN2O2. The molecule has 0 heterocycles. The molecule has 4 nitrogen and oxygen atoms in total. The number of hydrogen-bond acceptors (Lipinski definition) is 3. The fourth-order valence-electron chi connectivity index (χ4n) is 1.69. The summed E-state index contributed by atoms with van der Waals surface area (Å²) >= 11 is 0. The van der Waals surface area contributed by atoms with Crippen molar-refractivity contribution in [2.24, 2.45) is 11.7 Å².